The van der Waals surface area contributed by atoms with E-state index in [2.05, 4.69) is 9.97 Å². The Morgan fingerprint density at radius 2 is 1.75 bits per heavy atom. The van der Waals surface area contributed by atoms with Crippen molar-refractivity contribution in [3.8, 4) is 0 Å². The normalized spacial score (nSPS) is 15.8. The lowest BCUT2D eigenvalue weighted by molar-refractivity contribution is 0.122. The zero-order chi connectivity index (χ0) is 14.3. The molecule has 20 heavy (non-hydrogen) atoms. The standard InChI is InChI=1S/C12H11F3N4O/c13-7-6-10(17-5-18-12(6)16)9(15)11(8(7)14)19-1-3-20-4-2-19/h5H,1-4H2,(H2,16,17,18). The fourth-order valence-corrected chi connectivity index (χ4v) is 2.27. The van der Waals surface area contributed by atoms with Gasteiger partial charge < -0.3 is 15.4 Å². The van der Waals surface area contributed by atoms with Crippen LogP contribution in [0.1, 0.15) is 0 Å². The van der Waals surface area contributed by atoms with Crippen molar-refractivity contribution >= 4 is 22.4 Å². The van der Waals surface area contributed by atoms with Crippen LogP contribution in [0.25, 0.3) is 10.9 Å². The Kier molecular flexibility index (Phi) is 3.09. The molecular formula is C12H11F3N4O. The molecule has 3 rings (SSSR count). The van der Waals surface area contributed by atoms with E-state index in [1.807, 2.05) is 0 Å². The molecule has 1 aliphatic heterocycles. The van der Waals surface area contributed by atoms with Gasteiger partial charge >= 0.3 is 0 Å². The van der Waals surface area contributed by atoms with Crippen molar-refractivity contribution in [2.24, 2.45) is 0 Å². The highest BCUT2D eigenvalue weighted by Crippen LogP contribution is 2.34. The summed E-state index contributed by atoms with van der Waals surface area (Å²) < 4.78 is 47.8. The number of benzene rings is 1. The minimum atomic E-state index is -1.28. The van der Waals surface area contributed by atoms with Gasteiger partial charge in [-0.3, -0.25) is 0 Å². The molecule has 1 aromatic heterocycles. The lowest BCUT2D eigenvalue weighted by Gasteiger charge is -2.29. The highest BCUT2D eigenvalue weighted by molar-refractivity contribution is 5.91. The van der Waals surface area contributed by atoms with Crippen molar-refractivity contribution < 1.29 is 17.9 Å². The third kappa shape index (κ3) is 1.83. The maximum Gasteiger partial charge on any atom is 0.186 e. The van der Waals surface area contributed by atoms with Crippen molar-refractivity contribution in [1.82, 2.24) is 9.97 Å². The molecule has 106 valence electrons. The number of anilines is 2. The highest BCUT2D eigenvalue weighted by atomic mass is 19.2. The summed E-state index contributed by atoms with van der Waals surface area (Å²) >= 11 is 0. The van der Waals surface area contributed by atoms with Gasteiger partial charge in [-0.1, -0.05) is 0 Å². The minimum Gasteiger partial charge on any atom is -0.383 e. The molecular weight excluding hydrogens is 273 g/mol. The molecule has 0 atom stereocenters. The van der Waals surface area contributed by atoms with E-state index in [9.17, 15) is 13.2 Å². The van der Waals surface area contributed by atoms with E-state index >= 15 is 0 Å². The first-order valence-corrected chi connectivity index (χ1v) is 6.00. The highest BCUT2D eigenvalue weighted by Gasteiger charge is 2.27. The molecule has 2 heterocycles. The molecule has 2 aromatic rings. The molecule has 1 aliphatic rings. The number of aromatic nitrogens is 2. The van der Waals surface area contributed by atoms with Crippen LogP contribution in [0.15, 0.2) is 6.33 Å². The number of halogens is 3. The molecule has 8 heteroatoms. The van der Waals surface area contributed by atoms with E-state index in [0.717, 1.165) is 6.33 Å². The number of hydrogen-bond donors (Lipinski definition) is 1. The Bertz CT molecular complexity index is 674. The largest absolute Gasteiger partial charge is 0.383 e. The summed E-state index contributed by atoms with van der Waals surface area (Å²) in [5, 5.41) is -0.431. The third-order valence-electron chi connectivity index (χ3n) is 3.24. The van der Waals surface area contributed by atoms with Crippen LogP contribution in [0.5, 0.6) is 0 Å². The number of nitrogen functional groups attached to an aromatic ring is 1. The molecule has 5 nitrogen and oxygen atoms in total. The number of ether oxygens (including phenoxy) is 1. The predicted molar refractivity (Wildman–Crippen MR) is 66.9 cm³/mol. The summed E-state index contributed by atoms with van der Waals surface area (Å²) in [4.78, 5) is 8.62. The van der Waals surface area contributed by atoms with Gasteiger partial charge in [0.2, 0.25) is 0 Å². The van der Waals surface area contributed by atoms with Crippen molar-refractivity contribution in [3.05, 3.63) is 23.8 Å². The molecule has 0 bridgehead atoms. The summed E-state index contributed by atoms with van der Waals surface area (Å²) in [6, 6.07) is 0. The molecule has 1 aromatic carbocycles. The number of nitrogens with zero attached hydrogens (tertiary/aromatic N) is 3. The second kappa shape index (κ2) is 4.78. The number of morpholine rings is 1. The van der Waals surface area contributed by atoms with Crippen LogP contribution in [0, 0.1) is 17.5 Å². The quantitative estimate of drug-likeness (QED) is 0.803. The number of nitrogens with two attached hydrogens (primary N) is 1. The van der Waals surface area contributed by atoms with E-state index in [4.69, 9.17) is 10.5 Å². The Hall–Kier alpha value is -2.09. The van der Waals surface area contributed by atoms with Crippen LogP contribution >= 0.6 is 0 Å². The SMILES string of the molecule is Nc1ncnc2c(F)c(N3CCOCC3)c(F)c(F)c12. The molecule has 0 amide bonds. The summed E-state index contributed by atoms with van der Waals surface area (Å²) in [5.74, 6) is -3.74. The van der Waals surface area contributed by atoms with Crippen molar-refractivity contribution in [3.63, 3.8) is 0 Å². The summed E-state index contributed by atoms with van der Waals surface area (Å²) in [7, 11) is 0. The van der Waals surface area contributed by atoms with Crippen LogP contribution < -0.4 is 10.6 Å². The first kappa shape index (κ1) is 12.9. The number of hydrogen-bond acceptors (Lipinski definition) is 5. The van der Waals surface area contributed by atoms with Crippen molar-refractivity contribution in [1.29, 1.82) is 0 Å². The maximum absolute atomic E-state index is 14.4. The molecule has 0 aliphatic carbocycles. The van der Waals surface area contributed by atoms with Crippen LogP contribution in [0.4, 0.5) is 24.7 Å². The first-order valence-electron chi connectivity index (χ1n) is 6.00. The zero-order valence-corrected chi connectivity index (χ0v) is 10.4. The average Bonchev–Trinajstić information content (AvgIpc) is 2.46. The van der Waals surface area contributed by atoms with Crippen molar-refractivity contribution in [2.45, 2.75) is 0 Å². The second-order valence-corrected chi connectivity index (χ2v) is 4.37. The van der Waals surface area contributed by atoms with E-state index in [0.29, 0.717) is 13.2 Å². The fourth-order valence-electron chi connectivity index (χ4n) is 2.27. The molecule has 1 saturated heterocycles. The molecule has 2 N–H and O–H groups in total. The summed E-state index contributed by atoms with van der Waals surface area (Å²) in [6.07, 6.45) is 1.02. The number of fused-ring (bicyclic) bond motifs is 1. The monoisotopic (exact) mass is 284 g/mol. The van der Waals surface area contributed by atoms with Gasteiger partial charge in [-0.2, -0.15) is 0 Å². The van der Waals surface area contributed by atoms with Crippen LogP contribution in [-0.4, -0.2) is 36.3 Å². The van der Waals surface area contributed by atoms with Crippen LogP contribution in [-0.2, 0) is 4.74 Å². The van der Waals surface area contributed by atoms with Gasteiger partial charge in [-0.05, 0) is 0 Å². The number of rotatable bonds is 1. The topological polar surface area (TPSA) is 64.3 Å². The van der Waals surface area contributed by atoms with Gasteiger partial charge in [0.05, 0.1) is 18.6 Å². The van der Waals surface area contributed by atoms with Gasteiger partial charge in [0.25, 0.3) is 0 Å². The van der Waals surface area contributed by atoms with Crippen LogP contribution in [0.2, 0.25) is 0 Å². The smallest absolute Gasteiger partial charge is 0.186 e. The molecule has 0 unspecified atom stereocenters. The van der Waals surface area contributed by atoms with Crippen molar-refractivity contribution in [2.75, 3.05) is 36.9 Å². The Balaban J connectivity index is 2.28. The van der Waals surface area contributed by atoms with Gasteiger partial charge in [0, 0.05) is 13.1 Å². The van der Waals surface area contributed by atoms with E-state index in [-0.39, 0.29) is 24.4 Å². The Morgan fingerprint density at radius 3 is 2.45 bits per heavy atom. The van der Waals surface area contributed by atoms with Gasteiger partial charge in [0.15, 0.2) is 17.5 Å². The lowest BCUT2D eigenvalue weighted by atomic mass is 10.1. The maximum atomic E-state index is 14.4. The minimum absolute atomic E-state index is 0.277. The van der Waals surface area contributed by atoms with Gasteiger partial charge in [-0.15, -0.1) is 0 Å². The van der Waals surface area contributed by atoms with E-state index in [1.165, 1.54) is 4.90 Å². The molecule has 0 saturated carbocycles. The molecule has 0 radical (unpaired) electrons. The summed E-state index contributed by atoms with van der Waals surface area (Å²) in [6.45, 7) is 1.20. The van der Waals surface area contributed by atoms with E-state index in [1.54, 1.807) is 0 Å². The van der Waals surface area contributed by atoms with Gasteiger partial charge in [0.1, 0.15) is 23.3 Å². The second-order valence-electron chi connectivity index (χ2n) is 4.37. The Labute approximate surface area is 112 Å². The van der Waals surface area contributed by atoms with Crippen LogP contribution in [0.3, 0.4) is 0 Å². The molecule has 0 spiro atoms. The average molecular weight is 284 g/mol. The van der Waals surface area contributed by atoms with E-state index < -0.39 is 28.5 Å². The summed E-state index contributed by atoms with van der Waals surface area (Å²) in [5.41, 5.74) is 4.71. The first-order chi connectivity index (χ1) is 9.61. The predicted octanol–water partition coefficient (Wildman–Crippen LogP) is 1.47. The third-order valence-corrected chi connectivity index (χ3v) is 3.24. The lowest BCUT2D eigenvalue weighted by Crippen LogP contribution is -2.37. The van der Waals surface area contributed by atoms with Gasteiger partial charge in [-0.25, -0.2) is 23.1 Å². The Morgan fingerprint density at radius 1 is 1.05 bits per heavy atom. The fraction of sp³-hybridized carbons (Fsp3) is 0.333. The zero-order valence-electron chi connectivity index (χ0n) is 10.4. The molecule has 1 fully saturated rings.